The summed E-state index contributed by atoms with van der Waals surface area (Å²) in [7, 11) is 0. The lowest BCUT2D eigenvalue weighted by atomic mass is 10.1. The molecule has 0 fully saturated rings. The SMILES string of the molecule is CC(C)NC(=O)[C@@H](C)N(Cc1ccccc1F)C(=O)CCSc1ccccc1. The van der Waals surface area contributed by atoms with Gasteiger partial charge in [0.1, 0.15) is 11.9 Å². The van der Waals surface area contributed by atoms with Gasteiger partial charge in [-0.05, 0) is 39.0 Å². The van der Waals surface area contributed by atoms with Crippen LogP contribution < -0.4 is 5.32 Å². The monoisotopic (exact) mass is 402 g/mol. The molecular formula is C22H27FN2O2S. The molecule has 2 rings (SSSR count). The molecule has 150 valence electrons. The predicted octanol–water partition coefficient (Wildman–Crippen LogP) is 4.25. The first-order chi connectivity index (χ1) is 13.4. The molecular weight excluding hydrogens is 375 g/mol. The molecule has 6 heteroatoms. The van der Waals surface area contributed by atoms with Gasteiger partial charge < -0.3 is 10.2 Å². The summed E-state index contributed by atoms with van der Waals surface area (Å²) in [5.74, 6) is -0.196. The summed E-state index contributed by atoms with van der Waals surface area (Å²) in [6.45, 7) is 5.48. The third-order valence-corrected chi connectivity index (χ3v) is 5.24. The normalized spacial score (nSPS) is 11.9. The van der Waals surface area contributed by atoms with Crippen LogP contribution in [0.3, 0.4) is 0 Å². The zero-order valence-corrected chi connectivity index (χ0v) is 17.3. The molecule has 0 radical (unpaired) electrons. The van der Waals surface area contributed by atoms with Crippen LogP contribution in [-0.2, 0) is 16.1 Å². The van der Waals surface area contributed by atoms with E-state index in [9.17, 15) is 14.0 Å². The van der Waals surface area contributed by atoms with Gasteiger partial charge in [0.05, 0.1) is 0 Å². The Hall–Kier alpha value is -2.34. The van der Waals surface area contributed by atoms with E-state index in [1.807, 2.05) is 44.2 Å². The van der Waals surface area contributed by atoms with Crippen LogP contribution in [0.2, 0.25) is 0 Å². The fraction of sp³-hybridized carbons (Fsp3) is 0.364. The Morgan fingerprint density at radius 2 is 1.68 bits per heavy atom. The lowest BCUT2D eigenvalue weighted by Gasteiger charge is -2.29. The maximum atomic E-state index is 14.1. The average Bonchev–Trinajstić information content (AvgIpc) is 2.67. The van der Waals surface area contributed by atoms with Crippen LogP contribution in [0, 0.1) is 5.82 Å². The van der Waals surface area contributed by atoms with Crippen molar-refractivity contribution in [2.45, 2.75) is 50.7 Å². The van der Waals surface area contributed by atoms with E-state index in [0.717, 1.165) is 4.90 Å². The lowest BCUT2D eigenvalue weighted by molar-refractivity contribution is -0.140. The van der Waals surface area contributed by atoms with Crippen molar-refractivity contribution >= 4 is 23.6 Å². The second-order valence-electron chi connectivity index (χ2n) is 6.86. The van der Waals surface area contributed by atoms with Crippen LogP contribution in [0.1, 0.15) is 32.8 Å². The molecule has 0 heterocycles. The Morgan fingerprint density at radius 3 is 2.32 bits per heavy atom. The fourth-order valence-corrected chi connectivity index (χ4v) is 3.58. The number of benzene rings is 2. The van der Waals surface area contributed by atoms with E-state index in [1.165, 1.54) is 11.0 Å². The summed E-state index contributed by atoms with van der Waals surface area (Å²) >= 11 is 1.58. The Morgan fingerprint density at radius 1 is 1.04 bits per heavy atom. The number of carbonyl (C=O) groups excluding carboxylic acids is 2. The van der Waals surface area contributed by atoms with Gasteiger partial charge in [0.2, 0.25) is 11.8 Å². The molecule has 1 atom stereocenters. The van der Waals surface area contributed by atoms with Gasteiger partial charge in [0.15, 0.2) is 0 Å². The summed E-state index contributed by atoms with van der Waals surface area (Å²) in [6, 6.07) is 15.5. The summed E-state index contributed by atoms with van der Waals surface area (Å²) in [4.78, 5) is 27.9. The zero-order chi connectivity index (χ0) is 20.5. The van der Waals surface area contributed by atoms with Crippen LogP contribution in [0.5, 0.6) is 0 Å². The zero-order valence-electron chi connectivity index (χ0n) is 16.5. The van der Waals surface area contributed by atoms with E-state index in [4.69, 9.17) is 0 Å². The first-order valence-electron chi connectivity index (χ1n) is 9.39. The van der Waals surface area contributed by atoms with E-state index < -0.39 is 6.04 Å². The molecule has 0 aliphatic heterocycles. The highest BCUT2D eigenvalue weighted by Gasteiger charge is 2.26. The van der Waals surface area contributed by atoms with Crippen molar-refractivity contribution in [2.24, 2.45) is 0 Å². The molecule has 0 bridgehead atoms. The number of hydrogen-bond donors (Lipinski definition) is 1. The number of rotatable bonds is 9. The van der Waals surface area contributed by atoms with Gasteiger partial charge >= 0.3 is 0 Å². The van der Waals surface area contributed by atoms with Gasteiger partial charge in [-0.25, -0.2) is 4.39 Å². The number of hydrogen-bond acceptors (Lipinski definition) is 3. The number of carbonyl (C=O) groups is 2. The maximum Gasteiger partial charge on any atom is 0.242 e. The summed E-state index contributed by atoms with van der Waals surface area (Å²) < 4.78 is 14.1. The van der Waals surface area contributed by atoms with Crippen LogP contribution in [-0.4, -0.2) is 34.6 Å². The number of nitrogens with zero attached hydrogens (tertiary/aromatic N) is 1. The van der Waals surface area contributed by atoms with Gasteiger partial charge in [0, 0.05) is 35.2 Å². The smallest absolute Gasteiger partial charge is 0.242 e. The van der Waals surface area contributed by atoms with Crippen LogP contribution in [0.4, 0.5) is 4.39 Å². The highest BCUT2D eigenvalue weighted by Crippen LogP contribution is 2.20. The van der Waals surface area contributed by atoms with E-state index >= 15 is 0 Å². The minimum absolute atomic E-state index is 0.0333. The highest BCUT2D eigenvalue weighted by atomic mass is 32.2. The fourth-order valence-electron chi connectivity index (χ4n) is 2.71. The van der Waals surface area contributed by atoms with Gasteiger partial charge in [-0.2, -0.15) is 0 Å². The van der Waals surface area contributed by atoms with E-state index in [-0.39, 0.29) is 36.6 Å². The molecule has 0 unspecified atom stereocenters. The Kier molecular flexibility index (Phi) is 8.51. The second kappa shape index (κ2) is 10.9. The number of halogens is 1. The minimum atomic E-state index is -0.684. The molecule has 1 N–H and O–H groups in total. The molecule has 2 aromatic rings. The van der Waals surface area contributed by atoms with E-state index in [1.54, 1.807) is 36.9 Å². The molecule has 0 aromatic heterocycles. The molecule has 2 amide bonds. The van der Waals surface area contributed by atoms with Crippen molar-refractivity contribution in [1.82, 2.24) is 10.2 Å². The summed E-state index contributed by atoms with van der Waals surface area (Å²) in [5.41, 5.74) is 0.399. The number of amides is 2. The average molecular weight is 403 g/mol. The van der Waals surface area contributed by atoms with Crippen LogP contribution >= 0.6 is 11.8 Å². The largest absolute Gasteiger partial charge is 0.352 e. The molecule has 0 aliphatic rings. The first kappa shape index (κ1) is 22.0. The Balaban J connectivity index is 2.08. The predicted molar refractivity (Wildman–Crippen MR) is 111 cm³/mol. The van der Waals surface area contributed by atoms with Gasteiger partial charge in [-0.15, -0.1) is 11.8 Å². The second-order valence-corrected chi connectivity index (χ2v) is 8.03. The quantitative estimate of drug-likeness (QED) is 0.638. The Labute approximate surface area is 170 Å². The Bertz CT molecular complexity index is 783. The molecule has 0 aliphatic carbocycles. The number of nitrogens with one attached hydrogen (secondary N) is 1. The first-order valence-corrected chi connectivity index (χ1v) is 10.4. The molecule has 28 heavy (non-hydrogen) atoms. The summed E-state index contributed by atoms with van der Waals surface area (Å²) in [6.07, 6.45) is 0.271. The van der Waals surface area contributed by atoms with Crippen LogP contribution in [0.25, 0.3) is 0 Å². The van der Waals surface area contributed by atoms with E-state index in [0.29, 0.717) is 11.3 Å². The van der Waals surface area contributed by atoms with Crippen LogP contribution in [0.15, 0.2) is 59.5 Å². The minimum Gasteiger partial charge on any atom is -0.352 e. The van der Waals surface area contributed by atoms with Crippen molar-refractivity contribution in [3.63, 3.8) is 0 Å². The van der Waals surface area contributed by atoms with Gasteiger partial charge in [-0.3, -0.25) is 9.59 Å². The lowest BCUT2D eigenvalue weighted by Crippen LogP contribution is -2.49. The van der Waals surface area contributed by atoms with Gasteiger partial charge in [0.25, 0.3) is 0 Å². The third-order valence-electron chi connectivity index (χ3n) is 4.22. The topological polar surface area (TPSA) is 49.4 Å². The maximum absolute atomic E-state index is 14.1. The molecule has 0 saturated carbocycles. The third kappa shape index (κ3) is 6.68. The van der Waals surface area contributed by atoms with Crippen molar-refractivity contribution in [2.75, 3.05) is 5.75 Å². The number of thioether (sulfide) groups is 1. The van der Waals surface area contributed by atoms with E-state index in [2.05, 4.69) is 5.32 Å². The molecule has 2 aromatic carbocycles. The van der Waals surface area contributed by atoms with Gasteiger partial charge in [-0.1, -0.05) is 36.4 Å². The molecule has 0 spiro atoms. The summed E-state index contributed by atoms with van der Waals surface area (Å²) in [5, 5.41) is 2.83. The standard InChI is InChI=1S/C22H27FN2O2S/c1-16(2)24-22(27)17(3)25(15-18-9-7-8-12-20(18)23)21(26)13-14-28-19-10-5-4-6-11-19/h4-12,16-17H,13-15H2,1-3H3,(H,24,27)/t17-/m1/s1. The van der Waals surface area contributed by atoms with Crippen molar-refractivity contribution in [3.05, 3.63) is 66.0 Å². The van der Waals surface area contributed by atoms with Crippen molar-refractivity contribution in [3.8, 4) is 0 Å². The molecule has 4 nitrogen and oxygen atoms in total. The molecule has 0 saturated heterocycles. The highest BCUT2D eigenvalue weighted by molar-refractivity contribution is 7.99. The van der Waals surface area contributed by atoms with Crippen molar-refractivity contribution in [1.29, 1.82) is 0 Å². The van der Waals surface area contributed by atoms with Crippen molar-refractivity contribution < 1.29 is 14.0 Å².